The third-order valence-electron chi connectivity index (χ3n) is 5.90. The second-order valence-electron chi connectivity index (χ2n) is 8.45. The molecule has 0 spiro atoms. The topological polar surface area (TPSA) is 118 Å². The highest BCUT2D eigenvalue weighted by Gasteiger charge is 2.27. The van der Waals surface area contributed by atoms with Crippen LogP contribution in [0.1, 0.15) is 23.8 Å². The van der Waals surface area contributed by atoms with Crippen LogP contribution in [0.5, 0.6) is 0 Å². The Balaban J connectivity index is 1.52. The highest BCUT2D eigenvalue weighted by molar-refractivity contribution is 7.91. The lowest BCUT2D eigenvalue weighted by molar-refractivity contribution is 0.319. The van der Waals surface area contributed by atoms with E-state index in [1.807, 2.05) is 36.4 Å². The predicted molar refractivity (Wildman–Crippen MR) is 137 cm³/mol. The van der Waals surface area contributed by atoms with Gasteiger partial charge in [-0.3, -0.25) is 9.97 Å². The highest BCUT2D eigenvalue weighted by Crippen LogP contribution is 2.43. The maximum absolute atomic E-state index is 13.0. The van der Waals surface area contributed by atoms with Gasteiger partial charge in [0.1, 0.15) is 5.82 Å². The molecule has 4 heterocycles. The van der Waals surface area contributed by atoms with E-state index in [9.17, 15) is 13.5 Å². The fraction of sp³-hybridized carbons (Fsp3) is 0.200. The van der Waals surface area contributed by atoms with Gasteiger partial charge in [-0.25, -0.2) is 18.4 Å². The molecule has 0 amide bonds. The van der Waals surface area contributed by atoms with Crippen molar-refractivity contribution in [1.82, 2.24) is 19.9 Å². The number of fused-ring (bicyclic) bond motifs is 2. The number of pyridine rings is 3. The number of nitrogens with zero attached hydrogens (tertiary/aromatic N) is 4. The second kappa shape index (κ2) is 8.63. The van der Waals surface area contributed by atoms with Gasteiger partial charge in [-0.05, 0) is 55.3 Å². The first kappa shape index (κ1) is 22.0. The van der Waals surface area contributed by atoms with Crippen molar-refractivity contribution >= 4 is 53.8 Å². The molecule has 0 bridgehead atoms. The summed E-state index contributed by atoms with van der Waals surface area (Å²) in [6.45, 7) is -0.472. The Bertz CT molecular complexity index is 1670. The van der Waals surface area contributed by atoms with E-state index in [0.717, 1.165) is 15.9 Å². The van der Waals surface area contributed by atoms with Gasteiger partial charge < -0.3 is 10.4 Å². The van der Waals surface area contributed by atoms with Gasteiger partial charge in [-0.15, -0.1) is 11.3 Å². The molecule has 1 aliphatic carbocycles. The molecule has 10 heteroatoms. The Morgan fingerprint density at radius 3 is 2.63 bits per heavy atom. The van der Waals surface area contributed by atoms with Crippen molar-refractivity contribution in [2.45, 2.75) is 23.7 Å². The Hall–Kier alpha value is -3.47. The number of sulfone groups is 1. The van der Waals surface area contributed by atoms with Crippen LogP contribution in [0.2, 0.25) is 0 Å². The van der Waals surface area contributed by atoms with Crippen LogP contribution < -0.4 is 5.32 Å². The second-order valence-corrected chi connectivity index (χ2v) is 11.6. The van der Waals surface area contributed by atoms with E-state index in [2.05, 4.69) is 15.3 Å². The van der Waals surface area contributed by atoms with Crippen LogP contribution in [0, 0.1) is 0 Å². The minimum Gasteiger partial charge on any atom is -0.395 e. The molecule has 0 atom stereocenters. The van der Waals surface area contributed by atoms with Gasteiger partial charge in [0, 0.05) is 24.0 Å². The fourth-order valence-corrected chi connectivity index (χ4v) is 6.45. The summed E-state index contributed by atoms with van der Waals surface area (Å²) in [6, 6.07) is 14.6. The molecule has 0 radical (unpaired) electrons. The summed E-state index contributed by atoms with van der Waals surface area (Å²) in [4.78, 5) is 18.4. The molecular weight excluding hydrogens is 482 g/mol. The summed E-state index contributed by atoms with van der Waals surface area (Å²) < 4.78 is 27.0. The van der Waals surface area contributed by atoms with Gasteiger partial charge >= 0.3 is 0 Å². The van der Waals surface area contributed by atoms with E-state index in [4.69, 9.17) is 9.97 Å². The number of anilines is 2. The molecule has 2 N–H and O–H groups in total. The molecule has 6 rings (SSSR count). The Morgan fingerprint density at radius 2 is 1.86 bits per heavy atom. The SMILES string of the molecule is O=S(=O)(CCO)c1ccnc2cc(-c3ccccn3)nc(Nc3ccc4nc(C5CC5)sc4c3)c12. The van der Waals surface area contributed by atoms with Crippen LogP contribution in [0.15, 0.2) is 65.8 Å². The lowest BCUT2D eigenvalue weighted by atomic mass is 10.1. The van der Waals surface area contributed by atoms with Crippen LogP contribution in [0.25, 0.3) is 32.5 Å². The third kappa shape index (κ3) is 4.24. The monoisotopic (exact) mass is 503 g/mol. The summed E-state index contributed by atoms with van der Waals surface area (Å²) >= 11 is 1.69. The maximum Gasteiger partial charge on any atom is 0.181 e. The summed E-state index contributed by atoms with van der Waals surface area (Å²) in [5.74, 6) is 0.554. The van der Waals surface area contributed by atoms with Crippen molar-refractivity contribution in [2.75, 3.05) is 17.7 Å². The van der Waals surface area contributed by atoms with Gasteiger partial charge in [0.05, 0.1) is 54.8 Å². The number of aliphatic hydroxyl groups excluding tert-OH is 1. The van der Waals surface area contributed by atoms with Crippen molar-refractivity contribution < 1.29 is 13.5 Å². The largest absolute Gasteiger partial charge is 0.395 e. The fourth-order valence-electron chi connectivity index (χ4n) is 4.03. The zero-order valence-corrected chi connectivity index (χ0v) is 20.2. The average Bonchev–Trinajstić information content (AvgIpc) is 3.63. The van der Waals surface area contributed by atoms with Crippen LogP contribution in [0.3, 0.4) is 0 Å². The van der Waals surface area contributed by atoms with Crippen molar-refractivity contribution in [3.8, 4) is 11.4 Å². The van der Waals surface area contributed by atoms with Gasteiger partial charge in [-0.2, -0.15) is 0 Å². The van der Waals surface area contributed by atoms with Crippen molar-refractivity contribution in [3.05, 3.63) is 65.9 Å². The van der Waals surface area contributed by atoms with Crippen LogP contribution in [0.4, 0.5) is 11.5 Å². The summed E-state index contributed by atoms with van der Waals surface area (Å²) in [7, 11) is -3.76. The lowest BCUT2D eigenvalue weighted by Crippen LogP contribution is -2.12. The normalized spacial score (nSPS) is 14.0. The quantitative estimate of drug-likeness (QED) is 0.328. The van der Waals surface area contributed by atoms with Gasteiger partial charge in [0.25, 0.3) is 0 Å². The van der Waals surface area contributed by atoms with Crippen LogP contribution >= 0.6 is 11.3 Å². The molecule has 176 valence electrons. The van der Waals surface area contributed by atoms with E-state index in [-0.39, 0.29) is 10.6 Å². The van der Waals surface area contributed by atoms with Crippen molar-refractivity contribution in [3.63, 3.8) is 0 Å². The molecule has 1 aliphatic rings. The minimum absolute atomic E-state index is 0.0778. The molecule has 4 aromatic heterocycles. The number of nitrogens with one attached hydrogen (secondary N) is 1. The van der Waals surface area contributed by atoms with Crippen molar-refractivity contribution in [1.29, 1.82) is 0 Å². The van der Waals surface area contributed by atoms with E-state index >= 15 is 0 Å². The molecule has 8 nitrogen and oxygen atoms in total. The molecular formula is C25H21N5O3S2. The zero-order valence-electron chi connectivity index (χ0n) is 18.5. The summed E-state index contributed by atoms with van der Waals surface area (Å²) in [6.07, 6.45) is 5.53. The zero-order chi connectivity index (χ0) is 24.0. The number of hydrogen-bond acceptors (Lipinski definition) is 9. The third-order valence-corrected chi connectivity index (χ3v) is 8.81. The number of hydrogen-bond donors (Lipinski definition) is 2. The number of aromatic nitrogens is 4. The first-order chi connectivity index (χ1) is 17.0. The molecule has 0 saturated heterocycles. The van der Waals surface area contributed by atoms with Gasteiger partial charge in [0.2, 0.25) is 0 Å². The smallest absolute Gasteiger partial charge is 0.181 e. The van der Waals surface area contributed by atoms with E-state index < -0.39 is 16.4 Å². The van der Waals surface area contributed by atoms with E-state index in [0.29, 0.717) is 34.0 Å². The molecule has 35 heavy (non-hydrogen) atoms. The van der Waals surface area contributed by atoms with Crippen LogP contribution in [-0.4, -0.2) is 45.8 Å². The number of aliphatic hydroxyl groups is 1. The summed E-state index contributed by atoms with van der Waals surface area (Å²) in [5.41, 5.74) is 3.41. The van der Waals surface area contributed by atoms with Gasteiger partial charge in [-0.1, -0.05) is 6.07 Å². The molecule has 1 aromatic carbocycles. The number of thiazole rings is 1. The molecule has 0 aliphatic heterocycles. The Kier molecular flexibility index (Phi) is 5.43. The van der Waals surface area contributed by atoms with Crippen molar-refractivity contribution in [2.24, 2.45) is 0 Å². The maximum atomic E-state index is 13.0. The highest BCUT2D eigenvalue weighted by atomic mass is 32.2. The molecule has 1 fully saturated rings. The Morgan fingerprint density at radius 1 is 0.971 bits per heavy atom. The van der Waals surface area contributed by atoms with Gasteiger partial charge in [0.15, 0.2) is 9.84 Å². The number of rotatable bonds is 7. The molecule has 5 aromatic rings. The lowest BCUT2D eigenvalue weighted by Gasteiger charge is -2.14. The first-order valence-corrected chi connectivity index (χ1v) is 13.7. The standard InChI is InChI=1S/C25H21N5O3S2/c31-11-12-35(32,33)22-8-10-27-20-14-19(17-3-1-2-9-26-17)29-24(23(20)22)28-16-6-7-18-21(13-16)34-25(30-18)15-4-5-15/h1-3,6-10,13-15,31H,4-5,11-12H2,(H,28,29). The molecule has 1 saturated carbocycles. The summed E-state index contributed by atoms with van der Waals surface area (Å²) in [5, 5.41) is 14.2. The minimum atomic E-state index is -3.76. The Labute approximate surface area is 205 Å². The van der Waals surface area contributed by atoms with E-state index in [1.54, 1.807) is 23.6 Å². The predicted octanol–water partition coefficient (Wildman–Crippen LogP) is 4.69. The first-order valence-electron chi connectivity index (χ1n) is 11.2. The molecule has 0 unspecified atom stereocenters. The van der Waals surface area contributed by atoms with E-state index in [1.165, 1.54) is 30.1 Å². The van der Waals surface area contributed by atoms with Crippen LogP contribution in [-0.2, 0) is 9.84 Å². The number of benzene rings is 1. The average molecular weight is 504 g/mol.